The molecule has 0 aromatic carbocycles. The number of nitrogens with two attached hydrogens (primary N) is 1. The van der Waals surface area contributed by atoms with Gasteiger partial charge in [0.2, 0.25) is 0 Å². The summed E-state index contributed by atoms with van der Waals surface area (Å²) < 4.78 is 0. The third-order valence-electron chi connectivity index (χ3n) is 2.44. The van der Waals surface area contributed by atoms with Gasteiger partial charge in [0, 0.05) is 5.54 Å². The summed E-state index contributed by atoms with van der Waals surface area (Å²) in [5.74, 6) is 1.03. The minimum atomic E-state index is 0.250. The van der Waals surface area contributed by atoms with Crippen molar-refractivity contribution in [3.8, 4) is 0 Å². The third-order valence-corrected chi connectivity index (χ3v) is 2.44. The summed E-state index contributed by atoms with van der Waals surface area (Å²) in [6.07, 6.45) is 5.62. The summed E-state index contributed by atoms with van der Waals surface area (Å²) in [5.41, 5.74) is 6.18. The zero-order valence-electron chi connectivity index (χ0n) is 5.80. The van der Waals surface area contributed by atoms with E-state index in [-0.39, 0.29) is 6.15 Å². The molecule has 3 saturated carbocycles. The molecule has 56 valence electrons. The predicted molar refractivity (Wildman–Crippen MR) is 33.9 cm³/mol. The highest BCUT2D eigenvalue weighted by molar-refractivity contribution is 5.20. The first-order valence-electron chi connectivity index (χ1n) is 3.48. The summed E-state index contributed by atoms with van der Waals surface area (Å²) in [5, 5.41) is 0. The monoisotopic (exact) mass is 141 g/mol. The van der Waals surface area contributed by atoms with E-state index in [0.717, 1.165) is 5.92 Å². The molecule has 3 rings (SSSR count). The molecule has 0 aromatic heterocycles. The van der Waals surface area contributed by atoms with Gasteiger partial charge in [0.15, 0.2) is 0 Å². The van der Waals surface area contributed by atoms with Gasteiger partial charge < -0.3 is 5.73 Å². The van der Waals surface area contributed by atoms with Gasteiger partial charge in [0.1, 0.15) is 0 Å². The fourth-order valence-corrected chi connectivity index (χ4v) is 1.99. The molecular formula is C7H11NO2. The van der Waals surface area contributed by atoms with E-state index in [1.165, 1.54) is 25.7 Å². The third kappa shape index (κ3) is 1.25. The van der Waals surface area contributed by atoms with E-state index in [1.54, 1.807) is 0 Å². The summed E-state index contributed by atoms with van der Waals surface area (Å²) >= 11 is 0. The first kappa shape index (κ1) is 7.45. The van der Waals surface area contributed by atoms with E-state index in [4.69, 9.17) is 15.3 Å². The van der Waals surface area contributed by atoms with Gasteiger partial charge in [0.05, 0.1) is 0 Å². The van der Waals surface area contributed by atoms with Crippen LogP contribution >= 0.6 is 0 Å². The van der Waals surface area contributed by atoms with Crippen LogP contribution in [0.4, 0.5) is 0 Å². The quantitative estimate of drug-likeness (QED) is 0.528. The molecule has 0 spiro atoms. The Kier molecular flexibility index (Phi) is 1.88. The molecule has 2 bridgehead atoms. The minimum absolute atomic E-state index is 0.250. The Morgan fingerprint density at radius 1 is 1.40 bits per heavy atom. The van der Waals surface area contributed by atoms with Crippen molar-refractivity contribution < 1.29 is 9.59 Å². The van der Waals surface area contributed by atoms with Crippen LogP contribution < -0.4 is 5.73 Å². The molecule has 10 heavy (non-hydrogen) atoms. The van der Waals surface area contributed by atoms with Gasteiger partial charge in [0.25, 0.3) is 0 Å². The Hall–Kier alpha value is -0.660. The van der Waals surface area contributed by atoms with Crippen LogP contribution in [0.3, 0.4) is 0 Å². The van der Waals surface area contributed by atoms with E-state index >= 15 is 0 Å². The van der Waals surface area contributed by atoms with Crippen molar-refractivity contribution in [2.75, 3.05) is 0 Å². The lowest BCUT2D eigenvalue weighted by Gasteiger charge is -2.33. The molecule has 0 amide bonds. The van der Waals surface area contributed by atoms with Crippen LogP contribution in [-0.2, 0) is 9.59 Å². The predicted octanol–water partition coefficient (Wildman–Crippen LogP) is 0.304. The Morgan fingerprint density at radius 2 is 1.90 bits per heavy atom. The first-order chi connectivity index (χ1) is 4.70. The lowest BCUT2D eigenvalue weighted by atomic mass is 9.78. The van der Waals surface area contributed by atoms with Crippen LogP contribution in [0, 0.1) is 5.92 Å². The summed E-state index contributed by atoms with van der Waals surface area (Å²) in [6, 6.07) is 0. The first-order valence-corrected chi connectivity index (χ1v) is 3.48. The lowest BCUT2D eigenvalue weighted by molar-refractivity contribution is -0.191. The van der Waals surface area contributed by atoms with Crippen LogP contribution in [0.5, 0.6) is 0 Å². The standard InChI is InChI=1S/C6H11N.CO2/c7-6-2-1-5(3-6)4-6;2-1-3/h5H,1-4,7H2;. The zero-order chi connectivity index (χ0) is 7.61. The summed E-state index contributed by atoms with van der Waals surface area (Å²) in [7, 11) is 0. The maximum atomic E-state index is 8.12. The Balaban J connectivity index is 0.000000148. The second kappa shape index (κ2) is 2.52. The van der Waals surface area contributed by atoms with E-state index in [0.29, 0.717) is 5.54 Å². The van der Waals surface area contributed by atoms with Gasteiger partial charge in [-0.25, -0.2) is 0 Å². The molecule has 3 aliphatic carbocycles. The average molecular weight is 141 g/mol. The molecule has 3 fully saturated rings. The number of rotatable bonds is 0. The number of hydrogen-bond acceptors (Lipinski definition) is 3. The summed E-state index contributed by atoms with van der Waals surface area (Å²) in [4.78, 5) is 16.2. The minimum Gasteiger partial charge on any atom is -0.325 e. The Labute approximate surface area is 59.6 Å². The number of hydrogen-bond donors (Lipinski definition) is 1. The maximum absolute atomic E-state index is 8.12. The van der Waals surface area contributed by atoms with E-state index in [1.807, 2.05) is 0 Å². The maximum Gasteiger partial charge on any atom is 0.373 e. The fourth-order valence-electron chi connectivity index (χ4n) is 1.99. The molecule has 2 N–H and O–H groups in total. The molecule has 3 heteroatoms. The van der Waals surface area contributed by atoms with Crippen molar-refractivity contribution in [1.29, 1.82) is 0 Å². The highest BCUT2D eigenvalue weighted by atomic mass is 16.2. The molecule has 0 heterocycles. The van der Waals surface area contributed by atoms with Crippen molar-refractivity contribution >= 4 is 6.15 Å². The van der Waals surface area contributed by atoms with Crippen molar-refractivity contribution in [3.05, 3.63) is 0 Å². The van der Waals surface area contributed by atoms with Crippen molar-refractivity contribution in [2.45, 2.75) is 31.2 Å². The van der Waals surface area contributed by atoms with Crippen LogP contribution in [-0.4, -0.2) is 11.7 Å². The van der Waals surface area contributed by atoms with E-state index < -0.39 is 0 Å². The van der Waals surface area contributed by atoms with Crippen molar-refractivity contribution in [2.24, 2.45) is 11.7 Å². The smallest absolute Gasteiger partial charge is 0.325 e. The summed E-state index contributed by atoms with van der Waals surface area (Å²) in [6.45, 7) is 0. The van der Waals surface area contributed by atoms with Gasteiger partial charge in [-0.15, -0.1) is 0 Å². The highest BCUT2D eigenvalue weighted by Crippen LogP contribution is 2.49. The molecule has 3 aliphatic rings. The van der Waals surface area contributed by atoms with Crippen molar-refractivity contribution in [1.82, 2.24) is 0 Å². The van der Waals surface area contributed by atoms with Crippen LogP contribution in [0.15, 0.2) is 0 Å². The molecule has 0 radical (unpaired) electrons. The molecule has 0 saturated heterocycles. The zero-order valence-corrected chi connectivity index (χ0v) is 5.80. The van der Waals surface area contributed by atoms with Crippen LogP contribution in [0.1, 0.15) is 25.7 Å². The lowest BCUT2D eigenvalue weighted by Crippen LogP contribution is -2.44. The number of fused-ring (bicyclic) bond motifs is 1. The second-order valence-corrected chi connectivity index (χ2v) is 3.26. The van der Waals surface area contributed by atoms with Gasteiger partial charge in [-0.2, -0.15) is 9.59 Å². The Bertz CT molecular complexity index is 149. The molecule has 0 aliphatic heterocycles. The topological polar surface area (TPSA) is 60.2 Å². The average Bonchev–Trinajstić information content (AvgIpc) is 2.24. The number of carbonyl (C=O) groups excluding carboxylic acids is 2. The van der Waals surface area contributed by atoms with Gasteiger partial charge >= 0.3 is 6.15 Å². The van der Waals surface area contributed by atoms with Crippen LogP contribution in [0.25, 0.3) is 0 Å². The largest absolute Gasteiger partial charge is 0.373 e. The molecular weight excluding hydrogens is 130 g/mol. The Morgan fingerprint density at radius 3 is 2.00 bits per heavy atom. The SMILES string of the molecule is NC12CCC(C1)C2.O=C=O. The molecule has 0 atom stereocenters. The van der Waals surface area contributed by atoms with E-state index in [9.17, 15) is 0 Å². The highest BCUT2D eigenvalue weighted by Gasteiger charge is 2.46. The normalized spacial score (nSPS) is 40.7. The van der Waals surface area contributed by atoms with Crippen LogP contribution in [0.2, 0.25) is 0 Å². The second-order valence-electron chi connectivity index (χ2n) is 3.26. The molecule has 0 unspecified atom stereocenters. The van der Waals surface area contributed by atoms with Crippen molar-refractivity contribution in [3.63, 3.8) is 0 Å². The van der Waals surface area contributed by atoms with Gasteiger partial charge in [-0.1, -0.05) is 0 Å². The van der Waals surface area contributed by atoms with Gasteiger partial charge in [-0.3, -0.25) is 0 Å². The molecule has 3 nitrogen and oxygen atoms in total. The molecule has 0 aromatic rings. The van der Waals surface area contributed by atoms with Gasteiger partial charge in [-0.05, 0) is 31.6 Å². The fraction of sp³-hybridized carbons (Fsp3) is 0.857. The van der Waals surface area contributed by atoms with E-state index in [2.05, 4.69) is 0 Å².